The van der Waals surface area contributed by atoms with Crippen molar-refractivity contribution in [3.8, 4) is 47.9 Å². The Kier molecular flexibility index (Phi) is 30.2. The molecule has 0 spiro atoms. The standard InChI is InChI=1S/C23H24N6O5.C23H23N5O5.C22H23N7O5.C17H20N4O4.C10H13N5O4/c1-14-18-21(25-12-24-14)29(13-26-18)22-20-19(33-23(2,3)34-20)17(32-22)11-31-9-5-8-15-6-4-7-16(28-15)10-27-30;1-14-18-21(25-12-24-14)28(13-26-18)22-20-19(32-23(2,3)33-20)17(31-22)11-30-9-5-8-15-6-4-7-16(10-29)27-15;1-22(2)33-17-15(10-31-8-4-7-13-5-3-6-14(28-13)9-27-30)32-21(18(17)34-22)29-12-26-16-19(23)24-11-25-20(16)29;1-5-6-22-7-11-13-14(25-17(3,4)24-13)16(23-11)21-9-20-12-10(2)18-8-19-15(12)21;11-8-5-9(13-2-12-8)15(3-14-5)10-7(18)6(17)4(1-16)19-10/h4,6-7,10,12-13,17,19-20,22,30H,9,11H2,1-3H3;4,6-7,10,12-13,17,19-20,22H,9,11H2,1-3H3;3,5-6,9,11-12,15,17-18,21,30H,8,10H2,1-2H3,(H2,23,24,25);1,8-9,11,13-14,16H,6-7H2,2-4H3;2-4,6-7,10,16-18H,1H2,(H2,11,12,13)/b27-10-;;27-9-;;/t2*17-,19-,20-,22-;15-,17-,18-,21-;11-,13-,14-,16-;4-,6-,7-,10-/m11111/s1. The number of fused-ring (bicyclic) bond motifs is 9. The van der Waals surface area contributed by atoms with Gasteiger partial charge < -0.3 is 118 Å². The Hall–Kier alpha value is -14.1. The highest BCUT2D eigenvalue weighted by Gasteiger charge is 2.61. The van der Waals surface area contributed by atoms with Gasteiger partial charge in [0.15, 0.2) is 100 Å². The third-order valence-electron chi connectivity index (χ3n) is 24.1. The number of imidazole rings is 5. The zero-order valence-corrected chi connectivity index (χ0v) is 80.1. The first kappa shape index (κ1) is 101. The van der Waals surface area contributed by atoms with Crippen LogP contribution in [0.4, 0.5) is 11.6 Å². The van der Waals surface area contributed by atoms with Gasteiger partial charge in [-0.05, 0) is 130 Å². The topological polar surface area (TPSA) is 609 Å². The van der Waals surface area contributed by atoms with E-state index in [1.165, 1.54) is 55.0 Å². The number of aldehydes is 1. The Labute approximate surface area is 826 Å². The summed E-state index contributed by atoms with van der Waals surface area (Å²) >= 11 is 0. The molecule has 9 aliphatic rings. The fraction of sp³-hybridized carbons (Fsp3) is 0.463. The average molecular weight is 1990 g/mol. The summed E-state index contributed by atoms with van der Waals surface area (Å²) in [5.41, 5.74) is 23.0. The zero-order chi connectivity index (χ0) is 102. The summed E-state index contributed by atoms with van der Waals surface area (Å²) in [5, 5.41) is 51.9. The van der Waals surface area contributed by atoms with Crippen LogP contribution in [-0.2, 0) is 80.5 Å². The zero-order valence-electron chi connectivity index (χ0n) is 80.1. The van der Waals surface area contributed by atoms with Gasteiger partial charge in [-0.25, -0.2) is 89.7 Å². The lowest BCUT2D eigenvalue weighted by molar-refractivity contribution is -0.201. The van der Waals surface area contributed by atoms with Crippen LogP contribution in [0, 0.1) is 68.6 Å². The van der Waals surface area contributed by atoms with Crippen LogP contribution in [0.3, 0.4) is 0 Å². The largest absolute Gasteiger partial charge is 0.411 e. The molecule has 13 aromatic heterocycles. The van der Waals surface area contributed by atoms with Gasteiger partial charge in [-0.3, -0.25) is 27.6 Å². The maximum atomic E-state index is 10.8. The van der Waals surface area contributed by atoms with E-state index in [0.717, 1.165) is 33.6 Å². The van der Waals surface area contributed by atoms with Crippen molar-refractivity contribution < 1.29 is 111 Å². The number of carbonyl (C=O) groups excluding carboxylic acids is 1. The molecule has 9 saturated heterocycles. The lowest BCUT2D eigenvalue weighted by Crippen LogP contribution is -2.33. The average Bonchev–Trinajstić information content (AvgIpc) is 1.58. The Morgan fingerprint density at radius 3 is 0.972 bits per heavy atom. The number of terminal acetylenes is 1. The Morgan fingerprint density at radius 2 is 0.662 bits per heavy atom. The second-order valence-corrected chi connectivity index (χ2v) is 35.9. The van der Waals surface area contributed by atoms with Crippen molar-refractivity contribution in [1.82, 2.24) is 113 Å². The van der Waals surface area contributed by atoms with Crippen LogP contribution in [0.5, 0.6) is 0 Å². The fourth-order valence-electron chi connectivity index (χ4n) is 17.9. The normalized spacial score (nSPS) is 27.1. The number of aliphatic hydroxyl groups excluding tert-OH is 3. The smallest absolute Gasteiger partial charge is 0.168 e. The van der Waals surface area contributed by atoms with E-state index < -0.39 is 85.3 Å². The summed E-state index contributed by atoms with van der Waals surface area (Å²) in [6.07, 6.45) is 13.8. The van der Waals surface area contributed by atoms with Gasteiger partial charge >= 0.3 is 0 Å². The van der Waals surface area contributed by atoms with Gasteiger partial charge in [-0.2, -0.15) is 0 Å². The maximum absolute atomic E-state index is 10.8. The van der Waals surface area contributed by atoms with E-state index in [4.69, 9.17) is 114 Å². The summed E-state index contributed by atoms with van der Waals surface area (Å²) in [4.78, 5) is 87.0. The van der Waals surface area contributed by atoms with Crippen LogP contribution in [0.25, 0.3) is 55.8 Å². The maximum Gasteiger partial charge on any atom is 0.168 e. The number of nitrogens with two attached hydrogens (primary N) is 2. The van der Waals surface area contributed by atoms with Crippen LogP contribution in [0.15, 0.2) is 128 Å². The number of oxime groups is 2. The molecule has 0 aliphatic carbocycles. The van der Waals surface area contributed by atoms with Gasteiger partial charge in [0.2, 0.25) is 0 Å². The third-order valence-corrected chi connectivity index (χ3v) is 24.1. The summed E-state index contributed by atoms with van der Waals surface area (Å²) in [6, 6.07) is 15.6. The number of aliphatic hydroxyl groups is 3. The molecule has 9 fully saturated rings. The highest BCUT2D eigenvalue weighted by molar-refractivity contribution is 5.83. The van der Waals surface area contributed by atoms with Crippen LogP contribution in [0.1, 0.15) is 143 Å². The lowest BCUT2D eigenvalue weighted by Gasteiger charge is -2.24. The Morgan fingerprint density at radius 1 is 0.379 bits per heavy atom. The summed E-state index contributed by atoms with van der Waals surface area (Å²) in [6.45, 7) is 22.2. The fourth-order valence-corrected chi connectivity index (χ4v) is 17.9. The van der Waals surface area contributed by atoms with Crippen LogP contribution < -0.4 is 11.5 Å². The molecule has 9 aliphatic heterocycles. The number of aryl methyl sites for hydroxylation is 3. The number of ether oxygens (including phenoxy) is 17. The molecule has 0 saturated carbocycles. The van der Waals surface area contributed by atoms with E-state index in [0.29, 0.717) is 92.1 Å². The Balaban J connectivity index is 0.000000121. The first-order valence-electron chi connectivity index (χ1n) is 45.9. The van der Waals surface area contributed by atoms with Crippen molar-refractivity contribution in [2.24, 2.45) is 10.3 Å². The highest BCUT2D eigenvalue weighted by atomic mass is 16.8. The molecule has 50 nitrogen and oxygen atoms in total. The van der Waals surface area contributed by atoms with Crippen LogP contribution in [-0.4, -0.2) is 331 Å². The molecule has 20 atom stereocenters. The van der Waals surface area contributed by atoms with Crippen molar-refractivity contribution in [3.63, 3.8) is 0 Å². The van der Waals surface area contributed by atoms with Crippen molar-refractivity contribution in [2.75, 3.05) is 70.9 Å². The number of hydrogen-bond donors (Lipinski definition) is 7. The molecule has 0 unspecified atom stereocenters. The van der Waals surface area contributed by atoms with Gasteiger partial charge in [0.1, 0.15) is 200 Å². The monoisotopic (exact) mass is 1990 g/mol. The number of anilines is 2. The Bertz CT molecular complexity index is 6940. The molecule has 13 aromatic rings. The van der Waals surface area contributed by atoms with Gasteiger partial charge in [-0.15, -0.1) is 6.42 Å². The van der Waals surface area contributed by atoms with E-state index in [1.807, 2.05) is 89.9 Å². The van der Waals surface area contributed by atoms with Gasteiger partial charge in [0.25, 0.3) is 0 Å². The number of nitrogen functional groups attached to an aromatic ring is 2. The third kappa shape index (κ3) is 22.1. The van der Waals surface area contributed by atoms with Crippen LogP contribution >= 0.6 is 0 Å². The number of rotatable bonds is 21. The number of aromatic nitrogens is 23. The summed E-state index contributed by atoms with van der Waals surface area (Å²) in [7, 11) is 0. The molecule has 9 N–H and O–H groups in total. The number of pyridine rings is 3. The molecule has 22 rings (SSSR count). The number of hydrogen-bond acceptors (Lipinski definition) is 45. The first-order chi connectivity index (χ1) is 70.0. The molecule has 0 radical (unpaired) electrons. The van der Waals surface area contributed by atoms with Crippen molar-refractivity contribution >= 4 is 86.2 Å². The predicted molar refractivity (Wildman–Crippen MR) is 503 cm³/mol. The van der Waals surface area contributed by atoms with Crippen molar-refractivity contribution in [2.45, 2.75) is 222 Å². The number of carbonyl (C=O) groups is 1. The second kappa shape index (κ2) is 43.4. The SMILES string of the molecule is C#CCOC[C@H]1O[C@@H](n2cnc3c(C)ncnc32)[C@@H]2OC(C)(C)O[C@@H]21.CC1(C)O[C@@H]2[C@H](O1)[C@@H](COCC#Cc1cccc(/C=N\O)n1)O[C@H]2n1cnc2c(N)ncnc21.Cc1ncnc2c1ncn2[C@@H]1O[C@H](COCC#Cc2cccc(/C=N\O)n2)[C@H]2OC(C)(C)O[C@H]21.Cc1ncnc2c1ncn2[C@@H]1O[C@H](COCC#Cc2cccc(C=O)n2)[C@H]2OC(C)(C)O[C@H]21.Nc1ncnc2c1ncn2[C@@H]1O[C@H](CO)[C@@H](O)[C@H]1O. The molecule has 145 heavy (non-hydrogen) atoms. The highest BCUT2D eigenvalue weighted by Crippen LogP contribution is 2.49. The molecule has 756 valence electrons. The summed E-state index contributed by atoms with van der Waals surface area (Å²) < 4.78 is 111. The van der Waals surface area contributed by atoms with E-state index in [9.17, 15) is 15.0 Å². The van der Waals surface area contributed by atoms with E-state index in [1.54, 1.807) is 84.5 Å². The minimum atomic E-state index is -1.19. The van der Waals surface area contributed by atoms with Gasteiger partial charge in [0.05, 0.1) is 106 Å². The molecule has 50 heteroatoms. The number of nitrogens with zero attached hydrogens (tertiary/aromatic N) is 25. The minimum absolute atomic E-state index is 0.171. The molecule has 22 heterocycles. The molecule has 0 amide bonds. The van der Waals surface area contributed by atoms with Gasteiger partial charge in [-0.1, -0.05) is 52.2 Å². The van der Waals surface area contributed by atoms with Gasteiger partial charge in [0, 0.05) is 0 Å². The minimum Gasteiger partial charge on any atom is -0.411 e. The van der Waals surface area contributed by atoms with Crippen molar-refractivity contribution in [3.05, 3.63) is 169 Å². The quantitative estimate of drug-likeness (QED) is 0.0134. The molecule has 0 aromatic carbocycles. The molecule has 0 bridgehead atoms. The molecular weight excluding hydrogens is 1890 g/mol. The lowest BCUT2D eigenvalue weighted by atomic mass is 10.1. The van der Waals surface area contributed by atoms with Crippen LogP contribution in [0.2, 0.25) is 0 Å². The summed E-state index contributed by atoms with van der Waals surface area (Å²) in [5.74, 6) is 17.5. The second-order valence-electron chi connectivity index (χ2n) is 35.9. The predicted octanol–water partition coefficient (Wildman–Crippen LogP) is 3.97. The molecular formula is C95H103N27O23. The van der Waals surface area contributed by atoms with E-state index in [2.05, 4.69) is 141 Å². The van der Waals surface area contributed by atoms with Crippen molar-refractivity contribution in [1.29, 1.82) is 0 Å². The van der Waals surface area contributed by atoms with E-state index in [-0.39, 0.29) is 119 Å². The van der Waals surface area contributed by atoms with E-state index >= 15 is 0 Å². The first-order valence-corrected chi connectivity index (χ1v) is 45.9.